The summed E-state index contributed by atoms with van der Waals surface area (Å²) in [6.07, 6.45) is 7.94. The van der Waals surface area contributed by atoms with Crippen molar-refractivity contribution < 1.29 is 4.79 Å². The molecular weight excluding hydrogens is 342 g/mol. The predicted molar refractivity (Wildman–Crippen MR) is 106 cm³/mol. The van der Waals surface area contributed by atoms with Gasteiger partial charge in [-0.1, -0.05) is 30.3 Å². The number of carbonyl (C=O) groups excluding carboxylic acids is 1. The molecule has 1 saturated carbocycles. The number of imidazole rings is 1. The zero-order chi connectivity index (χ0) is 17.9. The lowest BCUT2D eigenvalue weighted by atomic mass is 10.1. The summed E-state index contributed by atoms with van der Waals surface area (Å²) in [5, 5.41) is 5.26. The smallest absolute Gasteiger partial charge is 0.220 e. The fraction of sp³-hybridized carbons (Fsp3) is 0.429. The Hall–Kier alpha value is -2.14. The van der Waals surface area contributed by atoms with E-state index in [1.807, 2.05) is 6.07 Å². The summed E-state index contributed by atoms with van der Waals surface area (Å²) in [7, 11) is 0. The van der Waals surface area contributed by atoms with Gasteiger partial charge in [0.25, 0.3) is 0 Å². The van der Waals surface area contributed by atoms with Crippen LogP contribution in [0.3, 0.4) is 0 Å². The monoisotopic (exact) mass is 367 g/mol. The van der Waals surface area contributed by atoms with Gasteiger partial charge >= 0.3 is 0 Å². The van der Waals surface area contributed by atoms with E-state index < -0.39 is 0 Å². The van der Waals surface area contributed by atoms with Crippen molar-refractivity contribution >= 4 is 22.2 Å². The molecule has 1 N–H and O–H groups in total. The minimum atomic E-state index is 0.132. The number of fused-ring (bicyclic) bond motifs is 1. The third kappa shape index (κ3) is 4.15. The molecule has 0 radical (unpaired) electrons. The average molecular weight is 368 g/mol. The van der Waals surface area contributed by atoms with Gasteiger partial charge in [-0.15, -0.1) is 11.3 Å². The maximum absolute atomic E-state index is 12.3. The Morgan fingerprint density at radius 3 is 2.88 bits per heavy atom. The number of hydrogen-bond donors (Lipinski definition) is 1. The normalized spacial score (nSPS) is 15.3. The van der Waals surface area contributed by atoms with Crippen molar-refractivity contribution in [3.05, 3.63) is 58.9 Å². The average Bonchev–Trinajstić information content (AvgIpc) is 3.30. The highest BCUT2D eigenvalue weighted by Crippen LogP contribution is 2.40. The molecule has 2 aromatic heterocycles. The first kappa shape index (κ1) is 17.3. The molecule has 0 saturated heterocycles. The van der Waals surface area contributed by atoms with Crippen LogP contribution in [0.15, 0.2) is 41.9 Å². The molecule has 5 heteroatoms. The lowest BCUT2D eigenvalue weighted by Gasteiger charge is -2.13. The number of nitrogens with one attached hydrogen (secondary N) is 1. The van der Waals surface area contributed by atoms with E-state index in [-0.39, 0.29) is 11.9 Å². The molecule has 1 atom stereocenters. The second-order valence-electron chi connectivity index (χ2n) is 7.31. The first-order valence-electron chi connectivity index (χ1n) is 9.47. The van der Waals surface area contributed by atoms with Gasteiger partial charge in [0.05, 0.1) is 5.69 Å². The van der Waals surface area contributed by atoms with Crippen LogP contribution in [0.5, 0.6) is 0 Å². The molecule has 0 bridgehead atoms. The summed E-state index contributed by atoms with van der Waals surface area (Å²) in [5.74, 6) is 0.802. The third-order valence-corrected chi connectivity index (χ3v) is 5.91. The van der Waals surface area contributed by atoms with Crippen molar-refractivity contribution in [1.82, 2.24) is 14.7 Å². The number of aromatic nitrogens is 2. The van der Waals surface area contributed by atoms with Crippen molar-refractivity contribution in [3.8, 4) is 0 Å². The van der Waals surface area contributed by atoms with Gasteiger partial charge in [-0.05, 0) is 44.6 Å². The Bertz CT molecular complexity index is 879. The zero-order valence-corrected chi connectivity index (χ0v) is 16.0. The molecule has 3 aromatic rings. The van der Waals surface area contributed by atoms with E-state index in [9.17, 15) is 4.79 Å². The van der Waals surface area contributed by atoms with Crippen molar-refractivity contribution in [2.45, 2.75) is 57.4 Å². The van der Waals surface area contributed by atoms with Crippen LogP contribution < -0.4 is 5.32 Å². The number of nitrogens with zero attached hydrogens (tertiary/aromatic N) is 2. The molecule has 1 aliphatic carbocycles. The van der Waals surface area contributed by atoms with Crippen molar-refractivity contribution in [1.29, 1.82) is 0 Å². The summed E-state index contributed by atoms with van der Waals surface area (Å²) < 4.78 is 2.17. The second-order valence-corrected chi connectivity index (χ2v) is 8.15. The highest BCUT2D eigenvalue weighted by molar-refractivity contribution is 7.15. The SMILES string of the molecule is C[C@@H](CCc1ccccc1)NC(=O)CCc1csc2nc(C3CC3)cn12. The number of carbonyl (C=O) groups is 1. The highest BCUT2D eigenvalue weighted by Gasteiger charge is 2.26. The van der Waals surface area contributed by atoms with Gasteiger partial charge in [0.1, 0.15) is 0 Å². The summed E-state index contributed by atoms with van der Waals surface area (Å²) in [4.78, 5) is 18.0. The predicted octanol–water partition coefficient (Wildman–Crippen LogP) is 4.34. The lowest BCUT2D eigenvalue weighted by molar-refractivity contribution is -0.121. The van der Waals surface area contributed by atoms with E-state index in [1.54, 1.807) is 11.3 Å². The van der Waals surface area contributed by atoms with Gasteiger partial charge in [0.2, 0.25) is 5.91 Å². The maximum Gasteiger partial charge on any atom is 0.220 e. The van der Waals surface area contributed by atoms with Crippen LogP contribution >= 0.6 is 11.3 Å². The standard InChI is InChI=1S/C21H25N3OS/c1-15(7-8-16-5-3-2-4-6-16)22-20(25)12-11-18-14-26-21-23-19(13-24(18)21)17-9-10-17/h2-6,13-15,17H,7-12H2,1H3,(H,22,25)/t15-/m0/s1. The number of hydrogen-bond acceptors (Lipinski definition) is 3. The van der Waals surface area contributed by atoms with Crippen LogP contribution in [-0.2, 0) is 17.6 Å². The fourth-order valence-corrected chi connectivity index (χ4v) is 4.21. The van der Waals surface area contributed by atoms with Crippen LogP contribution in [-0.4, -0.2) is 21.3 Å². The topological polar surface area (TPSA) is 46.4 Å². The molecule has 136 valence electrons. The van der Waals surface area contributed by atoms with Gasteiger partial charge in [-0.2, -0.15) is 0 Å². The van der Waals surface area contributed by atoms with Gasteiger partial charge < -0.3 is 5.32 Å². The Morgan fingerprint density at radius 1 is 1.31 bits per heavy atom. The largest absolute Gasteiger partial charge is 0.354 e. The molecule has 0 aliphatic heterocycles. The molecule has 26 heavy (non-hydrogen) atoms. The molecule has 1 fully saturated rings. The summed E-state index contributed by atoms with van der Waals surface area (Å²) >= 11 is 1.67. The van der Waals surface area contributed by atoms with Gasteiger partial charge in [-0.3, -0.25) is 9.20 Å². The van der Waals surface area contributed by atoms with Gasteiger partial charge in [0, 0.05) is 35.7 Å². The molecule has 0 spiro atoms. The Kier molecular flexibility index (Phi) is 5.07. The first-order valence-corrected chi connectivity index (χ1v) is 10.4. The van der Waals surface area contributed by atoms with E-state index in [4.69, 9.17) is 4.98 Å². The number of amides is 1. The Labute approximate surface area is 158 Å². The van der Waals surface area contributed by atoms with E-state index >= 15 is 0 Å². The number of aryl methyl sites for hydroxylation is 2. The molecule has 4 nitrogen and oxygen atoms in total. The van der Waals surface area contributed by atoms with E-state index in [1.165, 1.54) is 29.8 Å². The second kappa shape index (κ2) is 7.62. The molecule has 2 heterocycles. The van der Waals surface area contributed by atoms with Crippen LogP contribution in [0.2, 0.25) is 0 Å². The van der Waals surface area contributed by atoms with E-state index in [0.717, 1.165) is 24.2 Å². The van der Waals surface area contributed by atoms with Crippen LogP contribution in [0.1, 0.15) is 55.5 Å². The van der Waals surface area contributed by atoms with Crippen LogP contribution in [0, 0.1) is 0 Å². The van der Waals surface area contributed by atoms with Gasteiger partial charge in [-0.25, -0.2) is 4.98 Å². The minimum Gasteiger partial charge on any atom is -0.354 e. The van der Waals surface area contributed by atoms with Crippen molar-refractivity contribution in [2.75, 3.05) is 0 Å². The zero-order valence-electron chi connectivity index (χ0n) is 15.1. The van der Waals surface area contributed by atoms with E-state index in [2.05, 4.69) is 52.5 Å². The molecule has 0 unspecified atom stereocenters. The third-order valence-electron chi connectivity index (χ3n) is 5.02. The fourth-order valence-electron chi connectivity index (χ4n) is 3.29. The Morgan fingerprint density at radius 2 is 2.12 bits per heavy atom. The highest BCUT2D eigenvalue weighted by atomic mass is 32.1. The molecule has 1 aliphatic rings. The van der Waals surface area contributed by atoms with Crippen LogP contribution in [0.25, 0.3) is 4.96 Å². The van der Waals surface area contributed by atoms with E-state index in [0.29, 0.717) is 12.3 Å². The Balaban J connectivity index is 1.25. The summed E-state index contributed by atoms with van der Waals surface area (Å²) in [5.41, 5.74) is 3.73. The van der Waals surface area contributed by atoms with Gasteiger partial charge in [0.15, 0.2) is 4.96 Å². The van der Waals surface area contributed by atoms with Crippen molar-refractivity contribution in [2.24, 2.45) is 0 Å². The summed E-state index contributed by atoms with van der Waals surface area (Å²) in [6, 6.07) is 10.6. The molecule has 1 aromatic carbocycles. The summed E-state index contributed by atoms with van der Waals surface area (Å²) in [6.45, 7) is 2.08. The number of thiazole rings is 1. The first-order chi connectivity index (χ1) is 12.7. The molecule has 4 rings (SSSR count). The van der Waals surface area contributed by atoms with Crippen LogP contribution in [0.4, 0.5) is 0 Å². The van der Waals surface area contributed by atoms with Crippen molar-refractivity contribution in [3.63, 3.8) is 0 Å². The molecular formula is C21H25N3OS. The maximum atomic E-state index is 12.3. The quantitative estimate of drug-likeness (QED) is 0.644. The number of rotatable bonds is 8. The number of benzene rings is 1. The lowest BCUT2D eigenvalue weighted by Crippen LogP contribution is -2.33. The molecule has 1 amide bonds. The minimum absolute atomic E-state index is 0.132.